The zero-order chi connectivity index (χ0) is 17.0. The Hall–Kier alpha value is 0.0169. The molecule has 0 bridgehead atoms. The van der Waals surface area contributed by atoms with Crippen molar-refractivity contribution >= 4 is 8.32 Å². The molecule has 0 N–H and O–H groups in total. The zero-order valence-corrected chi connectivity index (χ0v) is 16.5. The van der Waals surface area contributed by atoms with E-state index >= 15 is 0 Å². The largest absolute Gasteiger partial charge is 0.420 e. The van der Waals surface area contributed by atoms with Gasteiger partial charge in [0.1, 0.15) is 0 Å². The number of ether oxygens (including phenoxy) is 4. The minimum atomic E-state index is -1.45. The van der Waals surface area contributed by atoms with Crippen molar-refractivity contribution in [2.75, 3.05) is 40.6 Å². The van der Waals surface area contributed by atoms with Crippen LogP contribution in [0.1, 0.15) is 27.2 Å². The first-order valence-electron chi connectivity index (χ1n) is 8.19. The molecule has 5 nitrogen and oxygen atoms in total. The molecule has 3 atom stereocenters. The maximum absolute atomic E-state index is 5.78. The lowest BCUT2D eigenvalue weighted by atomic mass is 10.4. The third kappa shape index (κ3) is 12.5. The molecular formula is C16H36O5Si. The summed E-state index contributed by atoms with van der Waals surface area (Å²) in [4.78, 5) is 0. The summed E-state index contributed by atoms with van der Waals surface area (Å²) in [6.45, 7) is 13.0. The average molecular weight is 337 g/mol. The van der Waals surface area contributed by atoms with Gasteiger partial charge in [-0.05, 0) is 46.3 Å². The quantitative estimate of drug-likeness (QED) is 0.360. The lowest BCUT2D eigenvalue weighted by molar-refractivity contribution is -0.0768. The lowest BCUT2D eigenvalue weighted by Crippen LogP contribution is -2.29. The van der Waals surface area contributed by atoms with Gasteiger partial charge >= 0.3 is 0 Å². The standard InChI is InChI=1S/C16H36O5Si/c1-14(11-17-4)20-13-16(3)21-12-15(2)19-9-8-10-22(6,7)18-5/h14-16H,8-13H2,1-7H3. The van der Waals surface area contributed by atoms with E-state index in [0.717, 1.165) is 19.1 Å². The summed E-state index contributed by atoms with van der Waals surface area (Å²) in [5.41, 5.74) is 0. The van der Waals surface area contributed by atoms with E-state index in [-0.39, 0.29) is 18.3 Å². The maximum Gasteiger partial charge on any atom is 0.186 e. The van der Waals surface area contributed by atoms with Crippen LogP contribution in [0.3, 0.4) is 0 Å². The zero-order valence-electron chi connectivity index (χ0n) is 15.5. The molecule has 0 radical (unpaired) electrons. The second-order valence-corrected chi connectivity index (χ2v) is 10.9. The Kier molecular flexibility index (Phi) is 12.5. The maximum atomic E-state index is 5.78. The second kappa shape index (κ2) is 12.4. The number of hydrogen-bond donors (Lipinski definition) is 0. The third-order valence-corrected chi connectivity index (χ3v) is 6.17. The molecule has 6 heteroatoms. The molecule has 0 aliphatic rings. The van der Waals surface area contributed by atoms with Crippen LogP contribution in [-0.4, -0.2) is 67.3 Å². The van der Waals surface area contributed by atoms with Crippen molar-refractivity contribution in [2.24, 2.45) is 0 Å². The summed E-state index contributed by atoms with van der Waals surface area (Å²) in [5.74, 6) is 0. The molecule has 134 valence electrons. The summed E-state index contributed by atoms with van der Waals surface area (Å²) in [6, 6.07) is 1.12. The van der Waals surface area contributed by atoms with Gasteiger partial charge < -0.3 is 23.4 Å². The van der Waals surface area contributed by atoms with Gasteiger partial charge in [-0.25, -0.2) is 0 Å². The molecule has 0 aromatic heterocycles. The fourth-order valence-electron chi connectivity index (χ4n) is 1.86. The number of methoxy groups -OCH3 is 1. The predicted molar refractivity (Wildman–Crippen MR) is 92.0 cm³/mol. The normalized spacial score (nSPS) is 16.5. The van der Waals surface area contributed by atoms with Crippen molar-refractivity contribution in [3.8, 4) is 0 Å². The van der Waals surface area contributed by atoms with Crippen LogP contribution in [0.25, 0.3) is 0 Å². The van der Waals surface area contributed by atoms with E-state index in [9.17, 15) is 0 Å². The Morgan fingerprint density at radius 1 is 0.773 bits per heavy atom. The van der Waals surface area contributed by atoms with Gasteiger partial charge in [-0.2, -0.15) is 0 Å². The van der Waals surface area contributed by atoms with Crippen LogP contribution >= 0.6 is 0 Å². The van der Waals surface area contributed by atoms with Gasteiger partial charge in [0.2, 0.25) is 0 Å². The van der Waals surface area contributed by atoms with Gasteiger partial charge in [0, 0.05) is 20.8 Å². The molecule has 0 amide bonds. The van der Waals surface area contributed by atoms with E-state index in [2.05, 4.69) is 13.1 Å². The first kappa shape index (κ1) is 22.0. The highest BCUT2D eigenvalue weighted by atomic mass is 28.4. The van der Waals surface area contributed by atoms with E-state index in [1.807, 2.05) is 20.8 Å². The Morgan fingerprint density at radius 2 is 1.27 bits per heavy atom. The van der Waals surface area contributed by atoms with Gasteiger partial charge in [0.25, 0.3) is 0 Å². The fourth-order valence-corrected chi connectivity index (χ4v) is 3.06. The highest BCUT2D eigenvalue weighted by Crippen LogP contribution is 2.12. The van der Waals surface area contributed by atoms with E-state index in [4.69, 9.17) is 23.4 Å². The Labute approximate surface area is 137 Å². The van der Waals surface area contributed by atoms with Crippen LogP contribution in [0.4, 0.5) is 0 Å². The smallest absolute Gasteiger partial charge is 0.186 e. The molecule has 0 aliphatic carbocycles. The van der Waals surface area contributed by atoms with Crippen LogP contribution in [0, 0.1) is 0 Å². The van der Waals surface area contributed by atoms with Crippen molar-refractivity contribution < 1.29 is 23.4 Å². The Bertz CT molecular complexity index is 263. The van der Waals surface area contributed by atoms with Gasteiger partial charge in [-0.1, -0.05) is 0 Å². The van der Waals surface area contributed by atoms with Gasteiger partial charge in [0.05, 0.1) is 38.1 Å². The van der Waals surface area contributed by atoms with Crippen molar-refractivity contribution in [2.45, 2.75) is 64.6 Å². The molecule has 0 aliphatic heterocycles. The number of rotatable bonds is 14. The predicted octanol–water partition coefficient (Wildman–Crippen LogP) is 3.09. The molecule has 0 fully saturated rings. The first-order valence-corrected chi connectivity index (χ1v) is 11.3. The SMILES string of the molecule is COCC(C)OCC(C)OCC(C)OCCC[Si](C)(C)OC. The summed E-state index contributed by atoms with van der Waals surface area (Å²) < 4.78 is 27.7. The molecule has 0 saturated heterocycles. The minimum absolute atomic E-state index is 0.0604. The summed E-state index contributed by atoms with van der Waals surface area (Å²) in [7, 11) is 2.03. The minimum Gasteiger partial charge on any atom is -0.420 e. The lowest BCUT2D eigenvalue weighted by Gasteiger charge is -2.21. The van der Waals surface area contributed by atoms with E-state index in [1.54, 1.807) is 14.2 Å². The fraction of sp³-hybridized carbons (Fsp3) is 1.00. The van der Waals surface area contributed by atoms with Crippen LogP contribution < -0.4 is 0 Å². The third-order valence-electron chi connectivity index (χ3n) is 3.51. The van der Waals surface area contributed by atoms with E-state index in [1.165, 1.54) is 0 Å². The molecule has 0 aromatic carbocycles. The molecule has 0 spiro atoms. The molecule has 0 saturated carbocycles. The van der Waals surface area contributed by atoms with Crippen molar-refractivity contribution in [1.29, 1.82) is 0 Å². The van der Waals surface area contributed by atoms with Gasteiger partial charge in [0.15, 0.2) is 8.32 Å². The summed E-state index contributed by atoms with van der Waals surface area (Å²) in [6.07, 6.45) is 1.30. The molecule has 0 aromatic rings. The Balaban J connectivity index is 3.61. The van der Waals surface area contributed by atoms with Crippen LogP contribution in [0.2, 0.25) is 19.1 Å². The van der Waals surface area contributed by atoms with Gasteiger partial charge in [-0.15, -0.1) is 0 Å². The summed E-state index contributed by atoms with van der Waals surface area (Å²) >= 11 is 0. The molecular weight excluding hydrogens is 300 g/mol. The van der Waals surface area contributed by atoms with Crippen LogP contribution in [-0.2, 0) is 23.4 Å². The van der Waals surface area contributed by atoms with Crippen molar-refractivity contribution in [1.82, 2.24) is 0 Å². The van der Waals surface area contributed by atoms with Crippen LogP contribution in [0.15, 0.2) is 0 Å². The molecule has 22 heavy (non-hydrogen) atoms. The first-order chi connectivity index (χ1) is 10.3. The molecule has 0 heterocycles. The second-order valence-electron chi connectivity index (χ2n) is 6.49. The Morgan fingerprint density at radius 3 is 1.77 bits per heavy atom. The highest BCUT2D eigenvalue weighted by molar-refractivity contribution is 6.71. The van der Waals surface area contributed by atoms with E-state index < -0.39 is 8.32 Å². The van der Waals surface area contributed by atoms with Crippen molar-refractivity contribution in [3.05, 3.63) is 0 Å². The average Bonchev–Trinajstić information content (AvgIpc) is 2.47. The molecule has 0 rings (SSSR count). The number of hydrogen-bond acceptors (Lipinski definition) is 5. The monoisotopic (exact) mass is 336 g/mol. The van der Waals surface area contributed by atoms with Gasteiger partial charge in [-0.3, -0.25) is 0 Å². The highest BCUT2D eigenvalue weighted by Gasteiger charge is 2.19. The summed E-state index contributed by atoms with van der Waals surface area (Å²) in [5, 5.41) is 0. The topological polar surface area (TPSA) is 46.2 Å². The van der Waals surface area contributed by atoms with Crippen LogP contribution in [0.5, 0.6) is 0 Å². The van der Waals surface area contributed by atoms with E-state index in [0.29, 0.717) is 19.8 Å². The molecule has 3 unspecified atom stereocenters. The van der Waals surface area contributed by atoms with Crippen molar-refractivity contribution in [3.63, 3.8) is 0 Å².